The molecule has 0 atom stereocenters. The molecule has 1 N–H and O–H groups in total. The van der Waals surface area contributed by atoms with Gasteiger partial charge >= 0.3 is 0 Å². The van der Waals surface area contributed by atoms with Crippen molar-refractivity contribution >= 4 is 22.6 Å². The molecule has 3 heterocycles. The third-order valence-electron chi connectivity index (χ3n) is 5.28. The average molecular weight is 364 g/mol. The number of carbonyl (C=O) groups excluding carboxylic acids is 1. The van der Waals surface area contributed by atoms with Crippen molar-refractivity contribution in [1.29, 1.82) is 0 Å². The van der Waals surface area contributed by atoms with Gasteiger partial charge in [0.05, 0.1) is 5.52 Å². The summed E-state index contributed by atoms with van der Waals surface area (Å²) in [7, 11) is 0. The highest BCUT2D eigenvalue weighted by Crippen LogP contribution is 2.20. The van der Waals surface area contributed by atoms with Gasteiger partial charge in [-0.05, 0) is 51.3 Å². The second kappa shape index (κ2) is 6.68. The molecule has 2 aromatic heterocycles. The van der Waals surface area contributed by atoms with E-state index in [1.54, 1.807) is 9.13 Å². The van der Waals surface area contributed by atoms with Gasteiger partial charge in [0.1, 0.15) is 17.9 Å². The van der Waals surface area contributed by atoms with Crippen LogP contribution in [0.15, 0.2) is 29.1 Å². The molecule has 3 aromatic rings. The highest BCUT2D eigenvalue weighted by atomic mass is 16.2. The molecular formula is C21H24N4O2. The summed E-state index contributed by atoms with van der Waals surface area (Å²) >= 11 is 0. The molecule has 6 heteroatoms. The van der Waals surface area contributed by atoms with Crippen molar-refractivity contribution in [3.05, 3.63) is 57.3 Å². The molecule has 0 spiro atoms. The predicted octanol–water partition coefficient (Wildman–Crippen LogP) is 3.10. The van der Waals surface area contributed by atoms with E-state index in [0.717, 1.165) is 47.6 Å². The molecule has 0 saturated heterocycles. The first kappa shape index (κ1) is 17.5. The minimum atomic E-state index is -0.148. The normalized spacial score (nSPS) is 13.6. The maximum absolute atomic E-state index is 13.0. The van der Waals surface area contributed by atoms with Gasteiger partial charge in [-0.2, -0.15) is 0 Å². The van der Waals surface area contributed by atoms with Gasteiger partial charge in [0.25, 0.3) is 5.56 Å². The number of aromatic nitrogens is 3. The number of benzene rings is 1. The van der Waals surface area contributed by atoms with Crippen molar-refractivity contribution in [2.45, 2.75) is 53.1 Å². The predicted molar refractivity (Wildman–Crippen MR) is 106 cm³/mol. The monoisotopic (exact) mass is 364 g/mol. The Morgan fingerprint density at radius 1 is 1.19 bits per heavy atom. The second-order valence-electron chi connectivity index (χ2n) is 7.41. The third kappa shape index (κ3) is 3.16. The summed E-state index contributed by atoms with van der Waals surface area (Å²) in [5.41, 5.74) is 5.01. The first-order chi connectivity index (χ1) is 12.9. The smallest absolute Gasteiger partial charge is 0.278 e. The molecule has 1 amide bonds. The van der Waals surface area contributed by atoms with Crippen LogP contribution in [-0.2, 0) is 24.3 Å². The van der Waals surface area contributed by atoms with Crippen LogP contribution in [0.5, 0.6) is 0 Å². The van der Waals surface area contributed by atoms with Gasteiger partial charge in [0.2, 0.25) is 5.91 Å². The number of amides is 1. The van der Waals surface area contributed by atoms with Crippen molar-refractivity contribution in [1.82, 2.24) is 14.1 Å². The van der Waals surface area contributed by atoms with Gasteiger partial charge in [0.15, 0.2) is 0 Å². The zero-order chi connectivity index (χ0) is 19.1. The van der Waals surface area contributed by atoms with Gasteiger partial charge in [-0.3, -0.25) is 14.2 Å². The van der Waals surface area contributed by atoms with Crippen molar-refractivity contribution in [2.24, 2.45) is 0 Å². The maximum Gasteiger partial charge on any atom is 0.278 e. The van der Waals surface area contributed by atoms with E-state index in [9.17, 15) is 9.59 Å². The molecule has 0 bridgehead atoms. The van der Waals surface area contributed by atoms with E-state index >= 15 is 0 Å². The molecule has 0 saturated carbocycles. The Labute approximate surface area is 157 Å². The first-order valence-electron chi connectivity index (χ1n) is 9.40. The van der Waals surface area contributed by atoms with E-state index in [1.807, 2.05) is 45.0 Å². The number of hydrogen-bond donors (Lipinski definition) is 1. The zero-order valence-electron chi connectivity index (χ0n) is 16.0. The largest absolute Gasteiger partial charge is 0.330 e. The Morgan fingerprint density at radius 2 is 2.00 bits per heavy atom. The van der Waals surface area contributed by atoms with Gasteiger partial charge in [-0.1, -0.05) is 17.7 Å². The molecule has 6 nitrogen and oxygen atoms in total. The van der Waals surface area contributed by atoms with Crippen molar-refractivity contribution in [3.63, 3.8) is 0 Å². The number of nitrogens with one attached hydrogen (secondary N) is 1. The fourth-order valence-electron chi connectivity index (χ4n) is 3.88. The van der Waals surface area contributed by atoms with E-state index < -0.39 is 0 Å². The van der Waals surface area contributed by atoms with E-state index in [4.69, 9.17) is 0 Å². The van der Waals surface area contributed by atoms with Crippen LogP contribution in [0.2, 0.25) is 0 Å². The molecule has 0 aliphatic carbocycles. The number of rotatable bonds is 3. The lowest BCUT2D eigenvalue weighted by molar-refractivity contribution is -0.116. The number of aryl methyl sites for hydroxylation is 4. The van der Waals surface area contributed by atoms with E-state index in [0.29, 0.717) is 17.6 Å². The van der Waals surface area contributed by atoms with Crippen molar-refractivity contribution in [3.8, 4) is 0 Å². The summed E-state index contributed by atoms with van der Waals surface area (Å²) in [6.07, 6.45) is 2.89. The first-order valence-corrected chi connectivity index (χ1v) is 9.40. The summed E-state index contributed by atoms with van der Waals surface area (Å²) in [6, 6.07) is 7.82. The molecule has 140 valence electrons. The number of anilines is 1. The lowest BCUT2D eigenvalue weighted by atomic mass is 10.1. The fourth-order valence-corrected chi connectivity index (χ4v) is 3.88. The third-order valence-corrected chi connectivity index (χ3v) is 5.28. The lowest BCUT2D eigenvalue weighted by Crippen LogP contribution is -2.30. The molecule has 1 aliphatic heterocycles. The quantitative estimate of drug-likeness (QED) is 0.776. The Kier molecular flexibility index (Phi) is 4.34. The van der Waals surface area contributed by atoms with Crippen LogP contribution >= 0.6 is 0 Å². The molecular weight excluding hydrogens is 340 g/mol. The minimum Gasteiger partial charge on any atom is -0.330 e. The van der Waals surface area contributed by atoms with Crippen molar-refractivity contribution in [2.75, 3.05) is 5.32 Å². The fraction of sp³-hybridized carbons (Fsp3) is 0.381. The van der Waals surface area contributed by atoms with Gasteiger partial charge in [0, 0.05) is 24.3 Å². The second-order valence-corrected chi connectivity index (χ2v) is 7.41. The van der Waals surface area contributed by atoms with E-state index in [1.165, 1.54) is 0 Å². The highest BCUT2D eigenvalue weighted by molar-refractivity contribution is 5.92. The van der Waals surface area contributed by atoms with E-state index in [2.05, 4.69) is 10.3 Å². The van der Waals surface area contributed by atoms with Crippen LogP contribution in [0.4, 0.5) is 5.69 Å². The maximum atomic E-state index is 13.0. The van der Waals surface area contributed by atoms with Crippen LogP contribution in [0.1, 0.15) is 35.5 Å². The van der Waals surface area contributed by atoms with Gasteiger partial charge in [-0.25, -0.2) is 4.98 Å². The molecule has 4 rings (SSSR count). The Balaban J connectivity index is 1.68. The SMILES string of the molecule is Cc1ccc(NC(=O)Cn2c(C)cc3nc4n(c(=O)c32)CCCC4)c(C)c1. The highest BCUT2D eigenvalue weighted by Gasteiger charge is 2.20. The van der Waals surface area contributed by atoms with Crippen LogP contribution in [0.3, 0.4) is 0 Å². The average Bonchev–Trinajstić information content (AvgIpc) is 2.93. The van der Waals surface area contributed by atoms with Crippen LogP contribution in [0.25, 0.3) is 11.0 Å². The lowest BCUT2D eigenvalue weighted by Gasteiger charge is -2.17. The summed E-state index contributed by atoms with van der Waals surface area (Å²) in [5, 5.41) is 2.96. The summed E-state index contributed by atoms with van der Waals surface area (Å²) in [6.45, 7) is 6.71. The summed E-state index contributed by atoms with van der Waals surface area (Å²) in [4.78, 5) is 30.3. The van der Waals surface area contributed by atoms with Crippen LogP contribution in [-0.4, -0.2) is 20.0 Å². The van der Waals surface area contributed by atoms with Gasteiger partial charge < -0.3 is 9.88 Å². The standard InChI is InChI=1S/C21H24N4O2/c1-13-7-8-16(14(2)10-13)23-19(26)12-25-15(3)11-17-20(25)21(27)24-9-5-4-6-18(24)22-17/h7-8,10-11H,4-6,9,12H2,1-3H3,(H,23,26). The summed E-state index contributed by atoms with van der Waals surface area (Å²) in [5.74, 6) is 0.709. The van der Waals surface area contributed by atoms with Crippen LogP contribution in [0, 0.1) is 20.8 Å². The Morgan fingerprint density at radius 3 is 2.78 bits per heavy atom. The van der Waals surface area contributed by atoms with E-state index in [-0.39, 0.29) is 18.0 Å². The molecule has 1 aromatic carbocycles. The Bertz CT molecular complexity index is 1110. The number of nitrogens with zero attached hydrogens (tertiary/aromatic N) is 3. The zero-order valence-corrected chi connectivity index (χ0v) is 16.0. The summed E-state index contributed by atoms with van der Waals surface area (Å²) < 4.78 is 3.55. The Hall–Kier alpha value is -2.89. The molecule has 0 radical (unpaired) electrons. The number of carbonyl (C=O) groups is 1. The molecule has 0 unspecified atom stereocenters. The molecule has 1 aliphatic rings. The molecule has 0 fully saturated rings. The van der Waals surface area contributed by atoms with Gasteiger partial charge in [-0.15, -0.1) is 0 Å². The minimum absolute atomic E-state index is 0.0397. The topological polar surface area (TPSA) is 68.9 Å². The molecule has 27 heavy (non-hydrogen) atoms. The number of fused-ring (bicyclic) bond motifs is 2. The van der Waals surface area contributed by atoms with Crippen molar-refractivity contribution < 1.29 is 4.79 Å². The van der Waals surface area contributed by atoms with Crippen LogP contribution < -0.4 is 10.9 Å². The number of hydrogen-bond acceptors (Lipinski definition) is 3.